The van der Waals surface area contributed by atoms with Crippen LogP contribution in [0.15, 0.2) is 42.1 Å². The Morgan fingerprint density at radius 3 is 2.71 bits per heavy atom. The molecule has 0 aromatic heterocycles. The fourth-order valence-electron chi connectivity index (χ4n) is 4.35. The van der Waals surface area contributed by atoms with Crippen molar-refractivity contribution >= 4 is 23.6 Å². The maximum Gasteiger partial charge on any atom is 0.331 e. The number of aliphatic carboxylic acids is 1. The summed E-state index contributed by atoms with van der Waals surface area (Å²) in [6, 6.07) is 6.00. The van der Waals surface area contributed by atoms with Crippen LogP contribution in [0.3, 0.4) is 0 Å². The second-order valence-electron chi connectivity index (χ2n) is 9.92. The van der Waals surface area contributed by atoms with Crippen molar-refractivity contribution in [1.82, 2.24) is 10.2 Å². The Morgan fingerprint density at radius 1 is 1.32 bits per heavy atom. The summed E-state index contributed by atoms with van der Waals surface area (Å²) in [6.07, 6.45) is 7.93. The van der Waals surface area contributed by atoms with Gasteiger partial charge in [-0.3, -0.25) is 0 Å². The van der Waals surface area contributed by atoms with E-state index in [0.29, 0.717) is 6.54 Å². The van der Waals surface area contributed by atoms with Gasteiger partial charge in [0.25, 0.3) is 0 Å². The number of halogens is 1. The summed E-state index contributed by atoms with van der Waals surface area (Å²) in [5, 5.41) is 13.0. The standard InChI is InChI=1S/C25H33ClN2O3/c1-17(22(29)30)11-14-28-16-20-7-5-6-12-25(20,27-23(28)31)19-9-8-18(21(26)15-19)10-13-24(2,3)4/h8-9,15-16H,1,5-7,10-14H2,2-4H3,(H,27,31)(H,29,30)/t25-/m0/s1. The number of rotatable bonds is 7. The third-order valence-corrected chi connectivity index (χ3v) is 6.69. The second-order valence-corrected chi connectivity index (χ2v) is 10.3. The lowest BCUT2D eigenvalue weighted by atomic mass is 9.72. The molecule has 5 nitrogen and oxygen atoms in total. The Labute approximate surface area is 190 Å². The van der Waals surface area contributed by atoms with Gasteiger partial charge in [-0.15, -0.1) is 0 Å². The number of fused-ring (bicyclic) bond motifs is 1. The number of urea groups is 1. The normalized spacial score (nSPS) is 21.2. The molecule has 2 amide bonds. The Hall–Kier alpha value is -2.27. The van der Waals surface area contributed by atoms with Crippen LogP contribution in [0.1, 0.15) is 70.4 Å². The molecule has 1 aliphatic heterocycles. The number of aryl methyl sites for hydroxylation is 1. The molecular weight excluding hydrogens is 412 g/mol. The van der Waals surface area contributed by atoms with Gasteiger partial charge in [-0.25, -0.2) is 9.59 Å². The molecular formula is C25H33ClN2O3. The van der Waals surface area contributed by atoms with Gasteiger partial charge in [-0.1, -0.05) is 57.5 Å². The molecule has 1 aromatic carbocycles. The largest absolute Gasteiger partial charge is 0.478 e. The lowest BCUT2D eigenvalue weighted by Gasteiger charge is -2.46. The zero-order chi connectivity index (χ0) is 22.8. The lowest BCUT2D eigenvalue weighted by Crippen LogP contribution is -2.56. The summed E-state index contributed by atoms with van der Waals surface area (Å²) >= 11 is 6.68. The maximum absolute atomic E-state index is 12.9. The molecule has 0 unspecified atom stereocenters. The molecule has 0 spiro atoms. The molecule has 6 heteroatoms. The van der Waals surface area contributed by atoms with E-state index in [-0.39, 0.29) is 23.4 Å². The molecule has 1 saturated carbocycles. The zero-order valence-corrected chi connectivity index (χ0v) is 19.5. The third-order valence-electron chi connectivity index (χ3n) is 6.34. The highest BCUT2D eigenvalue weighted by atomic mass is 35.5. The van der Waals surface area contributed by atoms with Crippen LogP contribution in [0.2, 0.25) is 5.02 Å². The predicted octanol–water partition coefficient (Wildman–Crippen LogP) is 6.03. The monoisotopic (exact) mass is 444 g/mol. The number of amides is 2. The number of carboxylic acids is 1. The minimum atomic E-state index is -1.03. The van der Waals surface area contributed by atoms with E-state index in [2.05, 4.69) is 44.8 Å². The summed E-state index contributed by atoms with van der Waals surface area (Å²) < 4.78 is 0. The van der Waals surface area contributed by atoms with Crippen molar-refractivity contribution in [3.63, 3.8) is 0 Å². The first-order valence-corrected chi connectivity index (χ1v) is 11.4. The zero-order valence-electron chi connectivity index (χ0n) is 18.8. The van der Waals surface area contributed by atoms with E-state index in [0.717, 1.165) is 60.2 Å². The summed E-state index contributed by atoms with van der Waals surface area (Å²) in [5.74, 6) is -1.03. The predicted molar refractivity (Wildman–Crippen MR) is 124 cm³/mol. The van der Waals surface area contributed by atoms with Crippen LogP contribution in [0.25, 0.3) is 0 Å². The fraction of sp³-hybridized carbons (Fsp3) is 0.520. The van der Waals surface area contributed by atoms with Gasteiger partial charge < -0.3 is 15.3 Å². The number of carboxylic acid groups (broad SMARTS) is 1. The smallest absolute Gasteiger partial charge is 0.331 e. The van der Waals surface area contributed by atoms with Crippen molar-refractivity contribution in [1.29, 1.82) is 0 Å². The summed E-state index contributed by atoms with van der Waals surface area (Å²) in [5.41, 5.74) is 3.11. The molecule has 2 aliphatic rings. The minimum absolute atomic E-state index is 0.101. The van der Waals surface area contributed by atoms with Crippen LogP contribution in [0.4, 0.5) is 4.79 Å². The van der Waals surface area contributed by atoms with Crippen molar-refractivity contribution < 1.29 is 14.7 Å². The Bertz CT molecular complexity index is 916. The minimum Gasteiger partial charge on any atom is -0.478 e. The summed E-state index contributed by atoms with van der Waals surface area (Å²) in [6.45, 7) is 10.5. The van der Waals surface area contributed by atoms with Gasteiger partial charge in [0.1, 0.15) is 0 Å². The number of hydrogen-bond donors (Lipinski definition) is 2. The molecule has 3 rings (SSSR count). The molecule has 1 heterocycles. The van der Waals surface area contributed by atoms with Gasteiger partial charge in [-0.05, 0) is 66.7 Å². The van der Waals surface area contributed by atoms with Crippen molar-refractivity contribution in [2.45, 2.75) is 71.3 Å². The summed E-state index contributed by atoms with van der Waals surface area (Å²) in [4.78, 5) is 25.5. The van der Waals surface area contributed by atoms with E-state index in [1.807, 2.05) is 12.3 Å². The second kappa shape index (κ2) is 9.07. The maximum atomic E-state index is 12.9. The molecule has 31 heavy (non-hydrogen) atoms. The van der Waals surface area contributed by atoms with Crippen molar-refractivity contribution in [2.24, 2.45) is 5.41 Å². The van der Waals surface area contributed by atoms with Crippen molar-refractivity contribution in [3.05, 3.63) is 58.3 Å². The van der Waals surface area contributed by atoms with E-state index in [1.54, 1.807) is 4.90 Å². The molecule has 168 valence electrons. The van der Waals surface area contributed by atoms with Crippen LogP contribution in [0, 0.1) is 5.41 Å². The number of nitrogens with zero attached hydrogens (tertiary/aromatic N) is 1. The highest BCUT2D eigenvalue weighted by Gasteiger charge is 2.43. The number of hydrogen-bond acceptors (Lipinski definition) is 2. The first kappa shape index (κ1) is 23.4. The van der Waals surface area contributed by atoms with Crippen molar-refractivity contribution in [3.8, 4) is 0 Å². The number of carbonyl (C=O) groups excluding carboxylic acids is 1. The van der Waals surface area contributed by atoms with Gasteiger partial charge in [0, 0.05) is 23.3 Å². The molecule has 1 aliphatic carbocycles. The highest BCUT2D eigenvalue weighted by molar-refractivity contribution is 6.31. The van der Waals surface area contributed by atoms with E-state index < -0.39 is 11.5 Å². The molecule has 0 saturated heterocycles. The highest BCUT2D eigenvalue weighted by Crippen LogP contribution is 2.44. The average Bonchev–Trinajstić information content (AvgIpc) is 2.70. The first-order chi connectivity index (χ1) is 14.5. The van der Waals surface area contributed by atoms with E-state index >= 15 is 0 Å². The number of carbonyl (C=O) groups is 2. The average molecular weight is 445 g/mol. The van der Waals surface area contributed by atoms with Crippen LogP contribution in [-0.2, 0) is 16.8 Å². The molecule has 1 atom stereocenters. The summed E-state index contributed by atoms with van der Waals surface area (Å²) in [7, 11) is 0. The Kier molecular flexibility index (Phi) is 6.85. The molecule has 1 aromatic rings. The van der Waals surface area contributed by atoms with Crippen LogP contribution in [-0.4, -0.2) is 28.6 Å². The number of benzene rings is 1. The molecule has 0 radical (unpaired) electrons. The SMILES string of the molecule is C=C(CCN1C=C2CCCC[C@@]2(c2ccc(CCC(C)(C)C)c(Cl)c2)NC1=O)C(=O)O. The fourth-order valence-corrected chi connectivity index (χ4v) is 4.63. The van der Waals surface area contributed by atoms with E-state index in [1.165, 1.54) is 0 Å². The third kappa shape index (κ3) is 5.32. The molecule has 2 N–H and O–H groups in total. The quantitative estimate of drug-likeness (QED) is 0.504. The Morgan fingerprint density at radius 2 is 2.06 bits per heavy atom. The topological polar surface area (TPSA) is 69.6 Å². The molecule has 1 fully saturated rings. The van der Waals surface area contributed by atoms with Gasteiger partial charge >= 0.3 is 12.0 Å². The van der Waals surface area contributed by atoms with Gasteiger partial charge in [0.15, 0.2) is 0 Å². The lowest BCUT2D eigenvalue weighted by molar-refractivity contribution is -0.132. The number of nitrogens with one attached hydrogen (secondary N) is 1. The van der Waals surface area contributed by atoms with Crippen LogP contribution < -0.4 is 5.32 Å². The first-order valence-electron chi connectivity index (χ1n) is 11.0. The van der Waals surface area contributed by atoms with E-state index in [4.69, 9.17) is 16.7 Å². The van der Waals surface area contributed by atoms with Crippen molar-refractivity contribution in [2.75, 3.05) is 6.54 Å². The molecule has 0 bridgehead atoms. The van der Waals surface area contributed by atoms with Gasteiger partial charge in [0.2, 0.25) is 0 Å². The van der Waals surface area contributed by atoms with Crippen LogP contribution in [0.5, 0.6) is 0 Å². The van der Waals surface area contributed by atoms with Crippen LogP contribution >= 0.6 is 11.6 Å². The Balaban J connectivity index is 1.86. The van der Waals surface area contributed by atoms with E-state index in [9.17, 15) is 9.59 Å². The van der Waals surface area contributed by atoms with Gasteiger partial charge in [-0.2, -0.15) is 0 Å². The van der Waals surface area contributed by atoms with Gasteiger partial charge in [0.05, 0.1) is 5.54 Å².